The number of nitrogens with zero attached hydrogens (tertiary/aromatic N) is 4. The molecule has 0 amide bonds. The lowest BCUT2D eigenvalue weighted by molar-refractivity contribution is 0.120. The van der Waals surface area contributed by atoms with Gasteiger partial charge in [0.05, 0.1) is 5.69 Å². The van der Waals surface area contributed by atoms with Crippen molar-refractivity contribution in [3.63, 3.8) is 0 Å². The van der Waals surface area contributed by atoms with Crippen LogP contribution in [-0.4, -0.2) is 45.4 Å². The highest BCUT2D eigenvalue weighted by Gasteiger charge is 2.20. The molecule has 0 aliphatic carbocycles. The van der Waals surface area contributed by atoms with Gasteiger partial charge in [0.25, 0.3) is 0 Å². The van der Waals surface area contributed by atoms with E-state index < -0.39 is 0 Å². The average molecular weight is 373 g/mol. The summed E-state index contributed by atoms with van der Waals surface area (Å²) in [5, 5.41) is 0.507. The first-order valence-corrected chi connectivity index (χ1v) is 9.29. The molecular weight excluding hydrogens is 351 g/mol. The van der Waals surface area contributed by atoms with Crippen molar-refractivity contribution in [2.75, 3.05) is 26.2 Å². The summed E-state index contributed by atoms with van der Waals surface area (Å²) in [5.74, 6) is -0.222. The first kappa shape index (κ1) is 17.5. The van der Waals surface area contributed by atoms with Gasteiger partial charge in [-0.1, -0.05) is 23.7 Å². The van der Waals surface area contributed by atoms with Crippen LogP contribution in [0.4, 0.5) is 4.39 Å². The Morgan fingerprint density at radius 1 is 1.04 bits per heavy atom. The summed E-state index contributed by atoms with van der Waals surface area (Å²) in [4.78, 5) is 9.41. The lowest BCUT2D eigenvalue weighted by Crippen LogP contribution is -2.45. The Morgan fingerprint density at radius 3 is 2.46 bits per heavy atom. The lowest BCUT2D eigenvalue weighted by atomic mass is 10.2. The number of fused-ring (bicyclic) bond motifs is 1. The minimum Gasteiger partial charge on any atom is -0.307 e. The van der Waals surface area contributed by atoms with E-state index in [1.807, 2.05) is 12.3 Å². The topological polar surface area (TPSA) is 23.8 Å². The van der Waals surface area contributed by atoms with Crippen LogP contribution in [-0.2, 0) is 13.1 Å². The van der Waals surface area contributed by atoms with E-state index in [2.05, 4.69) is 33.4 Å². The highest BCUT2D eigenvalue weighted by atomic mass is 35.5. The normalized spacial score (nSPS) is 16.4. The smallest absolute Gasteiger partial charge is 0.139 e. The molecule has 136 valence electrons. The number of aromatic nitrogens is 2. The zero-order chi connectivity index (χ0) is 18.1. The van der Waals surface area contributed by atoms with Crippen molar-refractivity contribution >= 4 is 17.2 Å². The third-order valence-electron chi connectivity index (χ3n) is 5.02. The van der Waals surface area contributed by atoms with E-state index in [9.17, 15) is 4.39 Å². The Labute approximate surface area is 157 Å². The largest absolute Gasteiger partial charge is 0.307 e. The molecule has 0 atom stereocenters. The van der Waals surface area contributed by atoms with Crippen molar-refractivity contribution in [2.24, 2.45) is 0 Å². The quantitative estimate of drug-likeness (QED) is 0.697. The second-order valence-corrected chi connectivity index (χ2v) is 7.31. The van der Waals surface area contributed by atoms with Crippen molar-refractivity contribution in [3.8, 4) is 0 Å². The fourth-order valence-electron chi connectivity index (χ4n) is 3.52. The molecule has 0 saturated carbocycles. The maximum atomic E-state index is 14.0. The highest BCUT2D eigenvalue weighted by molar-refractivity contribution is 6.31. The summed E-state index contributed by atoms with van der Waals surface area (Å²) in [7, 11) is 0. The van der Waals surface area contributed by atoms with Crippen LogP contribution in [0.15, 0.2) is 42.7 Å². The lowest BCUT2D eigenvalue weighted by Gasteiger charge is -2.34. The number of hydrogen-bond donors (Lipinski definition) is 0. The number of pyridine rings is 1. The van der Waals surface area contributed by atoms with E-state index in [0.29, 0.717) is 17.1 Å². The monoisotopic (exact) mass is 372 g/mol. The van der Waals surface area contributed by atoms with E-state index in [-0.39, 0.29) is 5.82 Å². The van der Waals surface area contributed by atoms with Gasteiger partial charge in [0.2, 0.25) is 0 Å². The van der Waals surface area contributed by atoms with Gasteiger partial charge in [-0.3, -0.25) is 9.80 Å². The Hall–Kier alpha value is -1.95. The summed E-state index contributed by atoms with van der Waals surface area (Å²) in [6, 6.07) is 9.00. The van der Waals surface area contributed by atoms with E-state index in [4.69, 9.17) is 16.6 Å². The number of imidazole rings is 1. The minimum atomic E-state index is -0.222. The van der Waals surface area contributed by atoms with Crippen LogP contribution < -0.4 is 0 Å². The Bertz CT molecular complexity index is 895. The van der Waals surface area contributed by atoms with Crippen molar-refractivity contribution < 1.29 is 4.39 Å². The van der Waals surface area contributed by atoms with Crippen LogP contribution in [0.5, 0.6) is 0 Å². The third kappa shape index (κ3) is 3.61. The van der Waals surface area contributed by atoms with Gasteiger partial charge in [0.1, 0.15) is 11.5 Å². The number of benzene rings is 1. The molecule has 0 unspecified atom stereocenters. The Balaban J connectivity index is 1.36. The Kier molecular flexibility index (Phi) is 4.94. The van der Waals surface area contributed by atoms with Gasteiger partial charge < -0.3 is 4.40 Å². The predicted molar refractivity (Wildman–Crippen MR) is 102 cm³/mol. The van der Waals surface area contributed by atoms with Crippen molar-refractivity contribution in [3.05, 3.63) is 70.4 Å². The molecule has 3 heterocycles. The molecule has 1 aliphatic heterocycles. The molecule has 1 saturated heterocycles. The number of halogens is 2. The first-order valence-electron chi connectivity index (χ1n) is 8.91. The summed E-state index contributed by atoms with van der Waals surface area (Å²) in [6.45, 7) is 7.17. The van der Waals surface area contributed by atoms with E-state index >= 15 is 0 Å². The zero-order valence-corrected chi connectivity index (χ0v) is 15.6. The molecule has 6 heteroatoms. The van der Waals surface area contributed by atoms with Crippen LogP contribution in [0.25, 0.3) is 5.65 Å². The second kappa shape index (κ2) is 7.35. The maximum absolute atomic E-state index is 14.0. The first-order chi connectivity index (χ1) is 12.6. The third-order valence-corrected chi connectivity index (χ3v) is 5.38. The van der Waals surface area contributed by atoms with Gasteiger partial charge in [0, 0.05) is 62.2 Å². The molecule has 2 aromatic heterocycles. The fourth-order valence-corrected chi connectivity index (χ4v) is 3.74. The van der Waals surface area contributed by atoms with Crippen LogP contribution >= 0.6 is 11.6 Å². The van der Waals surface area contributed by atoms with E-state index in [1.165, 1.54) is 11.6 Å². The number of hydrogen-bond acceptors (Lipinski definition) is 3. The van der Waals surface area contributed by atoms with Crippen LogP contribution in [0.3, 0.4) is 0 Å². The minimum absolute atomic E-state index is 0.222. The highest BCUT2D eigenvalue weighted by Crippen LogP contribution is 2.21. The SMILES string of the molecule is Cc1cccn2cc(CN3CCN(Cc4c(F)cccc4Cl)CC3)nc12. The molecule has 0 spiro atoms. The molecule has 1 aliphatic rings. The molecule has 26 heavy (non-hydrogen) atoms. The van der Waals surface area contributed by atoms with Crippen molar-refractivity contribution in [1.29, 1.82) is 0 Å². The van der Waals surface area contributed by atoms with Crippen LogP contribution in [0.1, 0.15) is 16.8 Å². The van der Waals surface area contributed by atoms with Crippen molar-refractivity contribution in [1.82, 2.24) is 19.2 Å². The molecule has 1 fully saturated rings. The maximum Gasteiger partial charge on any atom is 0.139 e. The fraction of sp³-hybridized carbons (Fsp3) is 0.350. The van der Waals surface area contributed by atoms with Gasteiger partial charge in [-0.25, -0.2) is 9.37 Å². The van der Waals surface area contributed by atoms with E-state index in [1.54, 1.807) is 12.1 Å². The number of piperazine rings is 1. The second-order valence-electron chi connectivity index (χ2n) is 6.91. The van der Waals surface area contributed by atoms with Gasteiger partial charge in [-0.05, 0) is 30.7 Å². The predicted octanol–water partition coefficient (Wildman–Crippen LogP) is 3.75. The molecule has 0 radical (unpaired) electrons. The summed E-state index contributed by atoms with van der Waals surface area (Å²) < 4.78 is 16.1. The zero-order valence-electron chi connectivity index (χ0n) is 14.8. The van der Waals surface area contributed by atoms with Gasteiger partial charge >= 0.3 is 0 Å². The summed E-state index contributed by atoms with van der Waals surface area (Å²) in [6.07, 6.45) is 4.14. The summed E-state index contributed by atoms with van der Waals surface area (Å²) >= 11 is 6.15. The molecule has 4 rings (SSSR count). The van der Waals surface area contributed by atoms with Crippen molar-refractivity contribution in [2.45, 2.75) is 20.0 Å². The summed E-state index contributed by atoms with van der Waals surface area (Å²) in [5.41, 5.74) is 3.89. The molecular formula is C20H22ClFN4. The molecule has 4 nitrogen and oxygen atoms in total. The number of rotatable bonds is 4. The van der Waals surface area contributed by atoms with Crippen LogP contribution in [0.2, 0.25) is 5.02 Å². The molecule has 1 aromatic carbocycles. The molecule has 3 aromatic rings. The average Bonchev–Trinajstić information content (AvgIpc) is 3.04. The van der Waals surface area contributed by atoms with E-state index in [0.717, 1.165) is 44.1 Å². The molecule has 0 bridgehead atoms. The number of aryl methyl sites for hydroxylation is 1. The van der Waals surface area contributed by atoms with Gasteiger partial charge in [0.15, 0.2) is 0 Å². The standard InChI is InChI=1S/C20H22ClFN4/c1-15-4-3-7-26-13-16(23-20(15)26)12-24-8-10-25(11-9-24)14-17-18(21)5-2-6-19(17)22/h2-7,13H,8-12,14H2,1H3. The van der Waals surface area contributed by atoms with Gasteiger partial charge in [-0.15, -0.1) is 0 Å². The van der Waals surface area contributed by atoms with Crippen LogP contribution in [0, 0.1) is 12.7 Å². The molecule has 0 N–H and O–H groups in total. The Morgan fingerprint density at radius 2 is 1.77 bits per heavy atom. The van der Waals surface area contributed by atoms with Gasteiger partial charge in [-0.2, -0.15) is 0 Å².